The van der Waals surface area contributed by atoms with Crippen LogP contribution in [0.4, 0.5) is 0 Å². The maximum atomic E-state index is 12.3. The van der Waals surface area contributed by atoms with E-state index in [0.717, 1.165) is 39.1 Å². The van der Waals surface area contributed by atoms with Gasteiger partial charge in [0.15, 0.2) is 0 Å². The number of H-pyrrole nitrogens is 1. The summed E-state index contributed by atoms with van der Waals surface area (Å²) in [6.45, 7) is 4.08. The molecule has 1 amide bonds. The van der Waals surface area contributed by atoms with Gasteiger partial charge in [0.25, 0.3) is 5.91 Å². The van der Waals surface area contributed by atoms with Crippen molar-refractivity contribution < 1.29 is 9.53 Å². The van der Waals surface area contributed by atoms with Gasteiger partial charge in [0.2, 0.25) is 5.56 Å². The van der Waals surface area contributed by atoms with Crippen molar-refractivity contribution in [2.45, 2.75) is 37.6 Å². The number of carbonyl (C=O) groups excluding carboxylic acids is 1. The van der Waals surface area contributed by atoms with Crippen LogP contribution in [-0.2, 0) is 4.74 Å². The number of ether oxygens (including phenoxy) is 1. The van der Waals surface area contributed by atoms with Crippen molar-refractivity contribution in [2.75, 3.05) is 32.8 Å². The molecule has 2 aliphatic rings. The van der Waals surface area contributed by atoms with Gasteiger partial charge >= 0.3 is 0 Å². The zero-order valence-corrected chi connectivity index (χ0v) is 13.5. The number of morpholine rings is 1. The maximum absolute atomic E-state index is 12.3. The van der Waals surface area contributed by atoms with E-state index in [-0.39, 0.29) is 17.0 Å². The van der Waals surface area contributed by atoms with Gasteiger partial charge in [-0.2, -0.15) is 0 Å². The van der Waals surface area contributed by atoms with E-state index in [0.29, 0.717) is 12.1 Å². The summed E-state index contributed by atoms with van der Waals surface area (Å²) in [5.41, 5.74) is 0.357. The van der Waals surface area contributed by atoms with E-state index >= 15 is 0 Å². The molecular formula is C17H25N3O3. The van der Waals surface area contributed by atoms with E-state index < -0.39 is 0 Å². The number of pyridine rings is 1. The first-order chi connectivity index (χ1) is 11.2. The van der Waals surface area contributed by atoms with Gasteiger partial charge < -0.3 is 15.0 Å². The third-order valence-corrected chi connectivity index (χ3v) is 5.09. The summed E-state index contributed by atoms with van der Waals surface area (Å²) in [7, 11) is 0. The van der Waals surface area contributed by atoms with E-state index in [2.05, 4.69) is 15.2 Å². The first kappa shape index (κ1) is 16.2. The molecule has 6 nitrogen and oxygen atoms in total. The van der Waals surface area contributed by atoms with E-state index in [1.807, 2.05) is 0 Å². The van der Waals surface area contributed by atoms with Crippen molar-refractivity contribution in [3.8, 4) is 0 Å². The highest BCUT2D eigenvalue weighted by Crippen LogP contribution is 2.33. The molecule has 23 heavy (non-hydrogen) atoms. The minimum absolute atomic E-state index is 0.0554. The second kappa shape index (κ2) is 7.27. The molecule has 2 fully saturated rings. The molecule has 0 bridgehead atoms. The molecule has 1 aliphatic heterocycles. The first-order valence-electron chi connectivity index (χ1n) is 8.49. The van der Waals surface area contributed by atoms with Crippen molar-refractivity contribution in [3.05, 3.63) is 34.2 Å². The Labute approximate surface area is 136 Å². The summed E-state index contributed by atoms with van der Waals surface area (Å²) in [5, 5.41) is 3.08. The molecule has 6 heteroatoms. The highest BCUT2D eigenvalue weighted by Gasteiger charge is 2.38. The fraction of sp³-hybridized carbons (Fsp3) is 0.647. The van der Waals surface area contributed by atoms with Gasteiger partial charge in [-0.1, -0.05) is 19.3 Å². The third-order valence-electron chi connectivity index (χ3n) is 5.09. The Morgan fingerprint density at radius 3 is 2.61 bits per heavy atom. The van der Waals surface area contributed by atoms with Crippen molar-refractivity contribution >= 4 is 5.91 Å². The van der Waals surface area contributed by atoms with Gasteiger partial charge in [-0.15, -0.1) is 0 Å². The summed E-state index contributed by atoms with van der Waals surface area (Å²) in [5.74, 6) is -0.126. The molecule has 0 unspecified atom stereocenters. The zero-order valence-electron chi connectivity index (χ0n) is 13.5. The van der Waals surface area contributed by atoms with E-state index in [1.54, 1.807) is 6.07 Å². The quantitative estimate of drug-likeness (QED) is 0.873. The largest absolute Gasteiger partial charge is 0.379 e. The average Bonchev–Trinajstić information content (AvgIpc) is 2.62. The van der Waals surface area contributed by atoms with Gasteiger partial charge in [0.05, 0.1) is 18.8 Å². The topological polar surface area (TPSA) is 74.4 Å². The predicted octanol–water partition coefficient (Wildman–Crippen LogP) is 1.14. The predicted molar refractivity (Wildman–Crippen MR) is 87.6 cm³/mol. The second-order valence-electron chi connectivity index (χ2n) is 6.51. The average molecular weight is 319 g/mol. The number of carbonyl (C=O) groups is 1. The van der Waals surface area contributed by atoms with Gasteiger partial charge in [0, 0.05) is 37.4 Å². The molecule has 1 saturated carbocycles. The Morgan fingerprint density at radius 1 is 1.22 bits per heavy atom. The zero-order chi connectivity index (χ0) is 16.1. The molecule has 3 rings (SSSR count). The summed E-state index contributed by atoms with van der Waals surface area (Å²) < 4.78 is 5.48. The molecule has 2 N–H and O–H groups in total. The lowest BCUT2D eigenvalue weighted by Crippen LogP contribution is -2.59. The molecule has 0 aromatic carbocycles. The summed E-state index contributed by atoms with van der Waals surface area (Å²) in [6.07, 6.45) is 7.43. The molecule has 0 spiro atoms. The fourth-order valence-corrected chi connectivity index (χ4v) is 3.75. The number of nitrogens with one attached hydrogen (secondary N) is 2. The number of nitrogens with zero attached hydrogens (tertiary/aromatic N) is 1. The van der Waals surface area contributed by atoms with Crippen molar-refractivity contribution in [1.82, 2.24) is 15.2 Å². The van der Waals surface area contributed by atoms with E-state index in [9.17, 15) is 9.59 Å². The van der Waals surface area contributed by atoms with Crippen LogP contribution < -0.4 is 10.9 Å². The molecule has 2 heterocycles. The lowest BCUT2D eigenvalue weighted by Gasteiger charge is -2.48. The SMILES string of the molecule is O=C(NCC1(N2CCOCC2)CCCCC1)c1ccc(=O)[nH]c1. The lowest BCUT2D eigenvalue weighted by molar-refractivity contribution is -0.0361. The molecule has 0 radical (unpaired) electrons. The highest BCUT2D eigenvalue weighted by molar-refractivity contribution is 5.93. The van der Waals surface area contributed by atoms with E-state index in [4.69, 9.17) is 4.74 Å². The van der Waals surface area contributed by atoms with Crippen LogP contribution in [0.3, 0.4) is 0 Å². The normalized spacial score (nSPS) is 21.7. The van der Waals surface area contributed by atoms with Crippen LogP contribution in [0.25, 0.3) is 0 Å². The Morgan fingerprint density at radius 2 is 1.96 bits per heavy atom. The van der Waals surface area contributed by atoms with Crippen LogP contribution in [0.2, 0.25) is 0 Å². The van der Waals surface area contributed by atoms with Crippen molar-refractivity contribution in [1.29, 1.82) is 0 Å². The number of amides is 1. The number of hydrogen-bond donors (Lipinski definition) is 2. The molecular weight excluding hydrogens is 294 g/mol. The monoisotopic (exact) mass is 319 g/mol. The molecule has 1 saturated heterocycles. The van der Waals surface area contributed by atoms with Crippen LogP contribution in [0.15, 0.2) is 23.1 Å². The van der Waals surface area contributed by atoms with Crippen molar-refractivity contribution in [3.63, 3.8) is 0 Å². The lowest BCUT2D eigenvalue weighted by atomic mass is 9.79. The molecule has 1 aliphatic carbocycles. The van der Waals surface area contributed by atoms with E-state index in [1.165, 1.54) is 31.5 Å². The Balaban J connectivity index is 1.67. The fourth-order valence-electron chi connectivity index (χ4n) is 3.75. The summed E-state index contributed by atoms with van der Waals surface area (Å²) in [6, 6.07) is 2.95. The Kier molecular flexibility index (Phi) is 5.13. The van der Waals surface area contributed by atoms with Crippen LogP contribution >= 0.6 is 0 Å². The molecule has 1 aromatic heterocycles. The third kappa shape index (κ3) is 3.82. The molecule has 0 atom stereocenters. The van der Waals surface area contributed by atoms with Crippen molar-refractivity contribution in [2.24, 2.45) is 0 Å². The number of rotatable bonds is 4. The molecule has 1 aromatic rings. The van der Waals surface area contributed by atoms with Gasteiger partial charge in [-0.25, -0.2) is 0 Å². The maximum Gasteiger partial charge on any atom is 0.252 e. The van der Waals surface area contributed by atoms with Gasteiger partial charge in [-0.05, 0) is 18.9 Å². The van der Waals surface area contributed by atoms with Gasteiger partial charge in [0.1, 0.15) is 0 Å². The highest BCUT2D eigenvalue weighted by atomic mass is 16.5. The number of aromatic amines is 1. The van der Waals surface area contributed by atoms with Crippen LogP contribution in [0.1, 0.15) is 42.5 Å². The van der Waals surface area contributed by atoms with Crippen LogP contribution in [0.5, 0.6) is 0 Å². The van der Waals surface area contributed by atoms with Crippen LogP contribution in [-0.4, -0.2) is 54.2 Å². The number of hydrogen-bond acceptors (Lipinski definition) is 4. The minimum atomic E-state index is -0.196. The second-order valence-corrected chi connectivity index (χ2v) is 6.51. The van der Waals surface area contributed by atoms with Gasteiger partial charge in [-0.3, -0.25) is 14.5 Å². The standard InChI is InChI=1S/C17H25N3O3/c21-15-5-4-14(12-18-15)16(22)19-13-17(6-2-1-3-7-17)20-8-10-23-11-9-20/h4-5,12H,1-3,6-11,13H2,(H,18,21)(H,19,22). The minimum Gasteiger partial charge on any atom is -0.379 e. The Bertz CT molecular complexity index is 566. The first-order valence-corrected chi connectivity index (χ1v) is 8.49. The molecule has 126 valence electrons. The van der Waals surface area contributed by atoms with Crippen LogP contribution in [0, 0.1) is 0 Å². The summed E-state index contributed by atoms with van der Waals surface area (Å²) >= 11 is 0. The Hall–Kier alpha value is -1.66. The summed E-state index contributed by atoms with van der Waals surface area (Å²) in [4.78, 5) is 28.5. The smallest absolute Gasteiger partial charge is 0.252 e. The number of aromatic nitrogens is 1.